The van der Waals surface area contributed by atoms with Crippen LogP contribution in [0.4, 0.5) is 5.69 Å². The summed E-state index contributed by atoms with van der Waals surface area (Å²) in [4.78, 5) is 18.4. The fourth-order valence-corrected chi connectivity index (χ4v) is 8.91. The maximum Gasteiger partial charge on any atom is 0.187 e. The molecule has 1 aromatic heterocycles. The average Bonchev–Trinajstić information content (AvgIpc) is 3.54. The van der Waals surface area contributed by atoms with E-state index in [-0.39, 0.29) is 5.41 Å². The van der Waals surface area contributed by atoms with Crippen molar-refractivity contribution < 1.29 is 0 Å². The number of fused-ring (bicyclic) bond motifs is 5. The molecule has 2 aliphatic carbocycles. The Bertz CT molecular complexity index is 2700. The van der Waals surface area contributed by atoms with Crippen molar-refractivity contribution in [1.29, 1.82) is 0 Å². The van der Waals surface area contributed by atoms with Crippen LogP contribution in [0.1, 0.15) is 43.2 Å². The van der Waals surface area contributed by atoms with Gasteiger partial charge in [-0.2, -0.15) is 0 Å². The molecule has 56 heavy (non-hydrogen) atoms. The highest BCUT2D eigenvalue weighted by Crippen LogP contribution is 2.57. The Balaban J connectivity index is 0.926. The number of aromatic nitrogens is 3. The lowest BCUT2D eigenvalue weighted by atomic mass is 9.67. The minimum Gasteiger partial charge on any atom is -0.238 e. The zero-order valence-electron chi connectivity index (χ0n) is 31.0. The highest BCUT2D eigenvalue weighted by molar-refractivity contribution is 5.86. The van der Waals surface area contributed by atoms with Gasteiger partial charge in [0.05, 0.1) is 6.57 Å². The van der Waals surface area contributed by atoms with Gasteiger partial charge in [0, 0.05) is 22.1 Å². The van der Waals surface area contributed by atoms with Crippen LogP contribution in [0.25, 0.3) is 83.5 Å². The molecular formula is C52H38N4. The summed E-state index contributed by atoms with van der Waals surface area (Å²) in [5, 5.41) is 0. The predicted octanol–water partition coefficient (Wildman–Crippen LogP) is 13.7. The molecule has 7 aromatic carbocycles. The highest BCUT2D eigenvalue weighted by Gasteiger charge is 2.43. The first-order valence-corrected chi connectivity index (χ1v) is 19.5. The minimum atomic E-state index is 0.0136. The van der Waals surface area contributed by atoms with Crippen molar-refractivity contribution >= 4 is 5.69 Å². The number of nitrogens with zero attached hydrogens (tertiary/aromatic N) is 4. The molecule has 0 aliphatic heterocycles. The molecule has 0 bridgehead atoms. The third kappa shape index (κ3) is 5.99. The van der Waals surface area contributed by atoms with Crippen LogP contribution in [0, 0.1) is 6.57 Å². The molecule has 0 saturated heterocycles. The molecular weight excluding hydrogens is 681 g/mol. The molecule has 1 spiro atoms. The van der Waals surface area contributed by atoms with Crippen LogP contribution < -0.4 is 0 Å². The van der Waals surface area contributed by atoms with Crippen LogP contribution in [0.2, 0.25) is 0 Å². The first kappa shape index (κ1) is 33.6. The zero-order valence-corrected chi connectivity index (χ0v) is 31.0. The first-order valence-electron chi connectivity index (χ1n) is 19.5. The number of rotatable bonds is 6. The third-order valence-electron chi connectivity index (χ3n) is 11.8. The van der Waals surface area contributed by atoms with Gasteiger partial charge in [0.1, 0.15) is 0 Å². The Hall–Kier alpha value is -6.96. The molecule has 0 N–H and O–H groups in total. The average molecular weight is 719 g/mol. The van der Waals surface area contributed by atoms with Crippen molar-refractivity contribution in [3.05, 3.63) is 192 Å². The lowest BCUT2D eigenvalue weighted by Crippen LogP contribution is -2.28. The summed E-state index contributed by atoms with van der Waals surface area (Å²) in [7, 11) is 0. The van der Waals surface area contributed by atoms with Gasteiger partial charge >= 0.3 is 0 Å². The van der Waals surface area contributed by atoms with E-state index in [1.54, 1.807) is 0 Å². The summed E-state index contributed by atoms with van der Waals surface area (Å²) < 4.78 is 0. The van der Waals surface area contributed by atoms with E-state index in [1.807, 2.05) is 66.7 Å². The van der Waals surface area contributed by atoms with E-state index in [1.165, 1.54) is 63.8 Å². The number of hydrogen-bond acceptors (Lipinski definition) is 3. The largest absolute Gasteiger partial charge is 0.238 e. The van der Waals surface area contributed by atoms with E-state index < -0.39 is 0 Å². The van der Waals surface area contributed by atoms with Crippen molar-refractivity contribution in [2.45, 2.75) is 37.5 Å². The normalized spacial score (nSPS) is 13.8. The molecule has 0 amide bonds. The molecule has 4 heteroatoms. The van der Waals surface area contributed by atoms with Crippen molar-refractivity contribution in [1.82, 2.24) is 15.0 Å². The fraction of sp³-hybridized carbons (Fsp3) is 0.115. The number of benzene rings is 7. The lowest BCUT2D eigenvalue weighted by Gasteiger charge is -2.36. The molecule has 10 rings (SSSR count). The van der Waals surface area contributed by atoms with E-state index >= 15 is 0 Å². The van der Waals surface area contributed by atoms with Gasteiger partial charge in [0.25, 0.3) is 0 Å². The maximum absolute atomic E-state index is 7.67. The van der Waals surface area contributed by atoms with Gasteiger partial charge in [-0.3, -0.25) is 0 Å². The van der Waals surface area contributed by atoms with E-state index in [9.17, 15) is 0 Å². The van der Waals surface area contributed by atoms with Crippen LogP contribution in [0.15, 0.2) is 170 Å². The van der Waals surface area contributed by atoms with Crippen LogP contribution >= 0.6 is 0 Å². The molecule has 4 nitrogen and oxygen atoms in total. The molecule has 0 unspecified atom stereocenters. The monoisotopic (exact) mass is 718 g/mol. The van der Waals surface area contributed by atoms with Gasteiger partial charge in [0.15, 0.2) is 23.2 Å². The Morgan fingerprint density at radius 2 is 0.786 bits per heavy atom. The Labute approximate surface area is 328 Å². The van der Waals surface area contributed by atoms with E-state index in [4.69, 9.17) is 21.5 Å². The van der Waals surface area contributed by atoms with Crippen LogP contribution in [-0.4, -0.2) is 15.0 Å². The summed E-state index contributed by atoms with van der Waals surface area (Å²) in [6.07, 6.45) is 6.05. The van der Waals surface area contributed by atoms with Crippen molar-refractivity contribution in [2.75, 3.05) is 0 Å². The molecule has 1 heterocycles. The van der Waals surface area contributed by atoms with Gasteiger partial charge in [0.2, 0.25) is 0 Å². The SMILES string of the molecule is [C-]#[N+]c1ccc2c(c1)C1(CCCCC1)c1cc(-c3ccc(-c4cccc(-c5ccc(-c6nc(-c7ccccc7)nc(-c7ccccc7)n6)cc5)c4)cc3)ccc1-2. The Morgan fingerprint density at radius 1 is 0.375 bits per heavy atom. The summed E-state index contributed by atoms with van der Waals surface area (Å²) in [6, 6.07) is 59.8. The minimum absolute atomic E-state index is 0.0136. The van der Waals surface area contributed by atoms with Gasteiger partial charge in [-0.25, -0.2) is 19.8 Å². The second-order valence-electron chi connectivity index (χ2n) is 15.0. The molecule has 8 aromatic rings. The summed E-state index contributed by atoms with van der Waals surface area (Å²) in [5.41, 5.74) is 16.2. The predicted molar refractivity (Wildman–Crippen MR) is 228 cm³/mol. The van der Waals surface area contributed by atoms with Crippen LogP contribution in [0.5, 0.6) is 0 Å². The highest BCUT2D eigenvalue weighted by atomic mass is 15.0. The van der Waals surface area contributed by atoms with E-state index in [0.717, 1.165) is 46.3 Å². The molecule has 1 saturated carbocycles. The van der Waals surface area contributed by atoms with Crippen LogP contribution in [-0.2, 0) is 5.41 Å². The summed E-state index contributed by atoms with van der Waals surface area (Å²) in [5.74, 6) is 1.96. The Kier molecular flexibility index (Phi) is 8.42. The second-order valence-corrected chi connectivity index (χ2v) is 15.0. The summed E-state index contributed by atoms with van der Waals surface area (Å²) in [6.45, 7) is 7.67. The van der Waals surface area contributed by atoms with E-state index in [2.05, 4.69) is 108 Å². The van der Waals surface area contributed by atoms with Gasteiger partial charge < -0.3 is 0 Å². The first-order chi connectivity index (χ1) is 27.6. The van der Waals surface area contributed by atoms with Gasteiger partial charge in [-0.15, -0.1) is 0 Å². The maximum atomic E-state index is 7.67. The van der Waals surface area contributed by atoms with Gasteiger partial charge in [-0.05, 0) is 80.6 Å². The van der Waals surface area contributed by atoms with Crippen molar-refractivity contribution in [3.63, 3.8) is 0 Å². The topological polar surface area (TPSA) is 43.0 Å². The molecule has 266 valence electrons. The smallest absolute Gasteiger partial charge is 0.187 e. The quantitative estimate of drug-likeness (QED) is 0.161. The van der Waals surface area contributed by atoms with Crippen molar-refractivity contribution in [3.8, 4) is 78.7 Å². The van der Waals surface area contributed by atoms with Crippen LogP contribution in [0.3, 0.4) is 0 Å². The third-order valence-corrected chi connectivity index (χ3v) is 11.8. The van der Waals surface area contributed by atoms with Crippen molar-refractivity contribution in [2.24, 2.45) is 0 Å². The molecule has 0 radical (unpaired) electrons. The molecule has 1 fully saturated rings. The standard InChI is InChI=1S/C52H38N4/c1-53-44-27-29-46-45-28-26-43(33-47(45)52(48(46)34-44)30-9-4-10-31-52)37-20-18-35(19-21-37)41-16-11-17-42(32-41)36-22-24-40(25-23-36)51-55-49(38-12-5-2-6-13-38)54-50(56-51)39-14-7-3-8-15-39/h2-3,5-8,11-29,32-34H,4,9-10,30-31H2. The lowest BCUT2D eigenvalue weighted by molar-refractivity contribution is 0.353. The summed E-state index contributed by atoms with van der Waals surface area (Å²) >= 11 is 0. The molecule has 0 atom stereocenters. The molecule has 2 aliphatic rings. The van der Waals surface area contributed by atoms with E-state index in [0.29, 0.717) is 17.5 Å². The fourth-order valence-electron chi connectivity index (χ4n) is 8.91. The zero-order chi connectivity index (χ0) is 37.5. The van der Waals surface area contributed by atoms with Gasteiger partial charge in [-0.1, -0.05) is 177 Å². The second kappa shape index (κ2) is 14.0. The Morgan fingerprint density at radius 3 is 1.30 bits per heavy atom. The number of hydrogen-bond donors (Lipinski definition) is 0.